The second-order valence-corrected chi connectivity index (χ2v) is 5.60. The van der Waals surface area contributed by atoms with Crippen molar-refractivity contribution in [2.45, 2.75) is 27.2 Å². The average molecular weight is 235 g/mol. The number of benzene rings is 1. The van der Waals surface area contributed by atoms with Crippen LogP contribution in [0.5, 0.6) is 0 Å². The van der Waals surface area contributed by atoms with Crippen LogP contribution < -0.4 is 0 Å². The summed E-state index contributed by atoms with van der Waals surface area (Å²) in [7, 11) is 0. The van der Waals surface area contributed by atoms with Gasteiger partial charge in [-0.05, 0) is 42.5 Å². The van der Waals surface area contributed by atoms with E-state index in [1.165, 1.54) is 12.1 Å². The molecule has 0 saturated carbocycles. The fraction of sp³-hybridized carbons (Fsp3) is 0.500. The van der Waals surface area contributed by atoms with Gasteiger partial charge in [0.1, 0.15) is 5.82 Å². The predicted octanol–water partition coefficient (Wildman–Crippen LogP) is 3.01. The van der Waals surface area contributed by atoms with Crippen LogP contribution in [0.4, 0.5) is 4.39 Å². The van der Waals surface area contributed by atoms with Crippen molar-refractivity contribution in [1.29, 1.82) is 0 Å². The topological polar surface area (TPSA) is 20.3 Å². The van der Waals surface area contributed by atoms with Crippen LogP contribution in [-0.4, -0.2) is 23.9 Å². The zero-order valence-corrected chi connectivity index (χ0v) is 10.6. The van der Waals surface area contributed by atoms with Gasteiger partial charge in [-0.15, -0.1) is 0 Å². The smallest absolute Gasteiger partial charge is 0.254 e. The fourth-order valence-corrected chi connectivity index (χ4v) is 2.32. The molecule has 0 aromatic heterocycles. The summed E-state index contributed by atoms with van der Waals surface area (Å²) in [5.41, 5.74) is 1.52. The standard InChI is InChI=1S/C14H18FNO/c1-10-8-11(15)4-5-12(10)13(17)16-7-6-14(2,3)9-16/h4-5,8H,6-7,9H2,1-3H3. The van der Waals surface area contributed by atoms with Gasteiger partial charge in [-0.25, -0.2) is 4.39 Å². The molecule has 0 aliphatic carbocycles. The molecule has 92 valence electrons. The summed E-state index contributed by atoms with van der Waals surface area (Å²) < 4.78 is 13.0. The molecule has 0 atom stereocenters. The lowest BCUT2D eigenvalue weighted by Crippen LogP contribution is -2.30. The van der Waals surface area contributed by atoms with Crippen LogP contribution in [0.2, 0.25) is 0 Å². The molecule has 2 rings (SSSR count). The molecular weight excluding hydrogens is 217 g/mol. The van der Waals surface area contributed by atoms with E-state index in [-0.39, 0.29) is 17.1 Å². The number of likely N-dealkylation sites (tertiary alicyclic amines) is 1. The predicted molar refractivity (Wildman–Crippen MR) is 65.4 cm³/mol. The Balaban J connectivity index is 2.21. The van der Waals surface area contributed by atoms with Crippen molar-refractivity contribution in [1.82, 2.24) is 4.90 Å². The lowest BCUT2D eigenvalue weighted by molar-refractivity contribution is 0.0777. The van der Waals surface area contributed by atoms with Crippen molar-refractivity contribution in [3.05, 3.63) is 35.1 Å². The molecule has 0 unspecified atom stereocenters. The average Bonchev–Trinajstić information content (AvgIpc) is 2.58. The van der Waals surface area contributed by atoms with E-state index in [0.29, 0.717) is 11.1 Å². The maximum atomic E-state index is 13.0. The summed E-state index contributed by atoms with van der Waals surface area (Å²) in [6.45, 7) is 7.68. The third kappa shape index (κ3) is 2.48. The van der Waals surface area contributed by atoms with Crippen LogP contribution in [0.15, 0.2) is 18.2 Å². The molecule has 1 amide bonds. The van der Waals surface area contributed by atoms with Crippen LogP contribution in [0, 0.1) is 18.2 Å². The summed E-state index contributed by atoms with van der Waals surface area (Å²) in [6.07, 6.45) is 1.03. The van der Waals surface area contributed by atoms with Gasteiger partial charge >= 0.3 is 0 Å². The van der Waals surface area contributed by atoms with E-state index in [1.54, 1.807) is 13.0 Å². The number of carbonyl (C=O) groups is 1. The number of nitrogens with zero attached hydrogens (tertiary/aromatic N) is 1. The normalized spacial score (nSPS) is 18.5. The molecule has 1 aromatic rings. The molecule has 0 radical (unpaired) electrons. The number of halogens is 1. The quantitative estimate of drug-likeness (QED) is 0.732. The lowest BCUT2D eigenvalue weighted by Gasteiger charge is -2.20. The van der Waals surface area contributed by atoms with Crippen molar-refractivity contribution in [2.75, 3.05) is 13.1 Å². The summed E-state index contributed by atoms with van der Waals surface area (Å²) >= 11 is 0. The van der Waals surface area contributed by atoms with Gasteiger partial charge in [0.25, 0.3) is 5.91 Å². The van der Waals surface area contributed by atoms with Crippen LogP contribution in [0.1, 0.15) is 36.2 Å². The Bertz CT molecular complexity index is 454. The molecule has 0 bridgehead atoms. The molecule has 1 fully saturated rings. The highest BCUT2D eigenvalue weighted by atomic mass is 19.1. The molecule has 17 heavy (non-hydrogen) atoms. The van der Waals surface area contributed by atoms with Gasteiger partial charge in [-0.1, -0.05) is 13.8 Å². The van der Waals surface area contributed by atoms with Gasteiger partial charge < -0.3 is 4.90 Å². The van der Waals surface area contributed by atoms with Gasteiger partial charge in [0.2, 0.25) is 0 Å². The molecule has 1 heterocycles. The maximum absolute atomic E-state index is 13.0. The van der Waals surface area contributed by atoms with Crippen LogP contribution >= 0.6 is 0 Å². The number of rotatable bonds is 1. The van der Waals surface area contributed by atoms with Gasteiger partial charge in [0.15, 0.2) is 0 Å². The highest BCUT2D eigenvalue weighted by Gasteiger charge is 2.32. The second-order valence-electron chi connectivity index (χ2n) is 5.60. The molecule has 1 aliphatic heterocycles. The minimum atomic E-state index is -0.291. The van der Waals surface area contributed by atoms with Gasteiger partial charge in [0, 0.05) is 18.7 Å². The summed E-state index contributed by atoms with van der Waals surface area (Å²) in [4.78, 5) is 14.1. The van der Waals surface area contributed by atoms with Gasteiger partial charge in [0.05, 0.1) is 0 Å². The highest BCUT2D eigenvalue weighted by Crippen LogP contribution is 2.30. The van der Waals surface area contributed by atoms with Crippen LogP contribution in [0.25, 0.3) is 0 Å². The SMILES string of the molecule is Cc1cc(F)ccc1C(=O)N1CCC(C)(C)C1. The van der Waals surface area contributed by atoms with Gasteiger partial charge in [-0.2, -0.15) is 0 Å². The zero-order chi connectivity index (χ0) is 12.6. The van der Waals surface area contributed by atoms with Crippen molar-refractivity contribution in [2.24, 2.45) is 5.41 Å². The van der Waals surface area contributed by atoms with Crippen LogP contribution in [-0.2, 0) is 0 Å². The molecule has 1 aromatic carbocycles. The number of amides is 1. The Hall–Kier alpha value is -1.38. The Labute approximate surface area is 101 Å². The van der Waals surface area contributed by atoms with E-state index in [9.17, 15) is 9.18 Å². The molecule has 1 saturated heterocycles. The summed E-state index contributed by atoms with van der Waals surface area (Å²) in [5.74, 6) is -0.270. The summed E-state index contributed by atoms with van der Waals surface area (Å²) in [6, 6.07) is 4.34. The molecular formula is C14H18FNO. The maximum Gasteiger partial charge on any atom is 0.254 e. The molecule has 0 spiro atoms. The van der Waals surface area contributed by atoms with Crippen molar-refractivity contribution >= 4 is 5.91 Å². The van der Waals surface area contributed by atoms with E-state index in [2.05, 4.69) is 13.8 Å². The zero-order valence-electron chi connectivity index (χ0n) is 10.6. The van der Waals surface area contributed by atoms with Crippen molar-refractivity contribution in [3.8, 4) is 0 Å². The second kappa shape index (κ2) is 4.13. The number of carbonyl (C=O) groups excluding carboxylic acids is 1. The Morgan fingerprint density at radius 1 is 1.41 bits per heavy atom. The Morgan fingerprint density at radius 3 is 2.65 bits per heavy atom. The van der Waals surface area contributed by atoms with Crippen molar-refractivity contribution < 1.29 is 9.18 Å². The monoisotopic (exact) mass is 235 g/mol. The van der Waals surface area contributed by atoms with Crippen LogP contribution in [0.3, 0.4) is 0 Å². The Kier molecular flexibility index (Phi) is 2.94. The lowest BCUT2D eigenvalue weighted by atomic mass is 9.93. The first-order chi connectivity index (χ1) is 7.89. The Morgan fingerprint density at radius 2 is 2.12 bits per heavy atom. The largest absolute Gasteiger partial charge is 0.338 e. The van der Waals surface area contributed by atoms with E-state index in [1.807, 2.05) is 4.90 Å². The molecule has 0 N–H and O–H groups in total. The van der Waals surface area contributed by atoms with E-state index >= 15 is 0 Å². The number of aryl methyl sites for hydroxylation is 1. The van der Waals surface area contributed by atoms with E-state index < -0.39 is 0 Å². The van der Waals surface area contributed by atoms with E-state index in [0.717, 1.165) is 19.5 Å². The minimum Gasteiger partial charge on any atom is -0.338 e. The third-order valence-corrected chi connectivity index (χ3v) is 3.38. The van der Waals surface area contributed by atoms with E-state index in [4.69, 9.17) is 0 Å². The number of hydrogen-bond acceptors (Lipinski definition) is 1. The van der Waals surface area contributed by atoms with Crippen molar-refractivity contribution in [3.63, 3.8) is 0 Å². The molecule has 3 heteroatoms. The molecule has 2 nitrogen and oxygen atoms in total. The number of hydrogen-bond donors (Lipinski definition) is 0. The minimum absolute atomic E-state index is 0.0214. The first-order valence-corrected chi connectivity index (χ1v) is 5.94. The summed E-state index contributed by atoms with van der Waals surface area (Å²) in [5, 5.41) is 0. The van der Waals surface area contributed by atoms with Gasteiger partial charge in [-0.3, -0.25) is 4.79 Å². The molecule has 1 aliphatic rings. The third-order valence-electron chi connectivity index (χ3n) is 3.38. The first-order valence-electron chi connectivity index (χ1n) is 5.94. The first kappa shape index (κ1) is 12.1. The fourth-order valence-electron chi connectivity index (χ4n) is 2.32. The highest BCUT2D eigenvalue weighted by molar-refractivity contribution is 5.95.